The number of hydrogen-bond acceptors (Lipinski definition) is 5. The zero-order valence-corrected chi connectivity index (χ0v) is 22.0. The van der Waals surface area contributed by atoms with Gasteiger partial charge in [-0.2, -0.15) is 0 Å². The van der Waals surface area contributed by atoms with Gasteiger partial charge in [0.05, 0.1) is 28.3 Å². The number of hydrogen-bond donors (Lipinski definition) is 2. The SMILES string of the molecule is Cc1ccc(-c2cnc(N)c(C(=O)N[C@@H](C)c3cc4cccc(Cl)c4c(=O)n3-c3ccccc3)n2)cc1C. The van der Waals surface area contributed by atoms with Crippen LogP contribution in [0.2, 0.25) is 5.02 Å². The van der Waals surface area contributed by atoms with E-state index in [1.54, 1.807) is 29.8 Å². The number of carbonyl (C=O) groups excluding carboxylic acids is 1. The molecule has 2 heterocycles. The topological polar surface area (TPSA) is 103 Å². The largest absolute Gasteiger partial charge is 0.382 e. The first-order valence-electron chi connectivity index (χ1n) is 12.1. The highest BCUT2D eigenvalue weighted by molar-refractivity contribution is 6.35. The molecule has 0 saturated heterocycles. The summed E-state index contributed by atoms with van der Waals surface area (Å²) in [5.74, 6) is -0.473. The summed E-state index contributed by atoms with van der Waals surface area (Å²) in [4.78, 5) is 35.8. The third kappa shape index (κ3) is 4.64. The summed E-state index contributed by atoms with van der Waals surface area (Å²) in [5.41, 5.74) is 10.7. The van der Waals surface area contributed by atoms with Crippen molar-refractivity contribution in [2.45, 2.75) is 26.8 Å². The van der Waals surface area contributed by atoms with E-state index in [0.29, 0.717) is 32.9 Å². The number of nitrogens with zero attached hydrogens (tertiary/aromatic N) is 3. The van der Waals surface area contributed by atoms with E-state index in [4.69, 9.17) is 17.3 Å². The molecule has 0 aliphatic heterocycles. The smallest absolute Gasteiger partial charge is 0.274 e. The van der Waals surface area contributed by atoms with Crippen molar-refractivity contribution in [3.05, 3.63) is 117 Å². The van der Waals surface area contributed by atoms with Gasteiger partial charge in [-0.25, -0.2) is 9.97 Å². The highest BCUT2D eigenvalue weighted by atomic mass is 35.5. The van der Waals surface area contributed by atoms with Crippen molar-refractivity contribution in [3.63, 3.8) is 0 Å². The van der Waals surface area contributed by atoms with E-state index in [-0.39, 0.29) is 17.1 Å². The predicted octanol–water partition coefficient (Wildman–Crippen LogP) is 5.79. The first kappa shape index (κ1) is 25.2. The summed E-state index contributed by atoms with van der Waals surface area (Å²) in [6, 6.07) is 21.8. The third-order valence-electron chi connectivity index (χ3n) is 6.65. The molecule has 0 radical (unpaired) electrons. The molecule has 190 valence electrons. The zero-order chi connectivity index (χ0) is 27.0. The Morgan fingerprint density at radius 2 is 1.76 bits per heavy atom. The van der Waals surface area contributed by atoms with E-state index < -0.39 is 11.9 Å². The Morgan fingerprint density at radius 3 is 2.50 bits per heavy atom. The number of amides is 1. The van der Waals surface area contributed by atoms with Gasteiger partial charge in [0.25, 0.3) is 11.5 Å². The molecule has 0 saturated carbocycles. The minimum Gasteiger partial charge on any atom is -0.382 e. The van der Waals surface area contributed by atoms with Crippen LogP contribution in [0.4, 0.5) is 5.82 Å². The van der Waals surface area contributed by atoms with Crippen LogP contribution in [0.3, 0.4) is 0 Å². The van der Waals surface area contributed by atoms with Gasteiger partial charge in [0.15, 0.2) is 11.5 Å². The second-order valence-electron chi connectivity index (χ2n) is 9.23. The van der Waals surface area contributed by atoms with Crippen LogP contribution < -0.4 is 16.6 Å². The quantitative estimate of drug-likeness (QED) is 0.303. The Balaban J connectivity index is 1.55. The van der Waals surface area contributed by atoms with Crippen molar-refractivity contribution in [1.82, 2.24) is 19.9 Å². The second-order valence-corrected chi connectivity index (χ2v) is 9.64. The molecule has 3 aromatic carbocycles. The second kappa shape index (κ2) is 10.1. The molecule has 0 fully saturated rings. The standard InChI is InChI=1S/C30H26ClN5O2/c1-17-12-13-20(14-18(17)2)24-16-33-28(32)27(35-24)29(37)34-19(3)25-15-21-8-7-11-23(31)26(21)30(38)36(25)22-9-5-4-6-10-22/h4-16,19H,1-3H3,(H2,32,33)(H,34,37)/t19-/m0/s1. The molecule has 7 nitrogen and oxygen atoms in total. The number of rotatable bonds is 5. The van der Waals surface area contributed by atoms with Crippen LogP contribution in [0.1, 0.15) is 40.3 Å². The number of nitrogens with one attached hydrogen (secondary N) is 1. The lowest BCUT2D eigenvalue weighted by atomic mass is 10.0. The van der Waals surface area contributed by atoms with Crippen molar-refractivity contribution in [1.29, 1.82) is 0 Å². The summed E-state index contributed by atoms with van der Waals surface area (Å²) >= 11 is 6.41. The molecule has 38 heavy (non-hydrogen) atoms. The van der Waals surface area contributed by atoms with Crippen molar-refractivity contribution in [2.75, 3.05) is 5.73 Å². The highest BCUT2D eigenvalue weighted by Gasteiger charge is 2.22. The number of halogens is 1. The van der Waals surface area contributed by atoms with Crippen molar-refractivity contribution >= 4 is 34.1 Å². The van der Waals surface area contributed by atoms with Crippen LogP contribution in [0.5, 0.6) is 0 Å². The zero-order valence-electron chi connectivity index (χ0n) is 21.2. The number of nitrogens with two attached hydrogens (primary N) is 1. The lowest BCUT2D eigenvalue weighted by Gasteiger charge is -2.21. The van der Waals surface area contributed by atoms with Gasteiger partial charge in [0, 0.05) is 16.9 Å². The third-order valence-corrected chi connectivity index (χ3v) is 6.96. The molecular weight excluding hydrogens is 498 g/mol. The molecule has 5 rings (SSSR count). The van der Waals surface area contributed by atoms with Gasteiger partial charge in [-0.3, -0.25) is 14.2 Å². The van der Waals surface area contributed by atoms with Gasteiger partial charge in [-0.15, -0.1) is 0 Å². The highest BCUT2D eigenvalue weighted by Crippen LogP contribution is 2.26. The number of pyridine rings is 1. The van der Waals surface area contributed by atoms with Crippen LogP contribution in [0.25, 0.3) is 27.7 Å². The Morgan fingerprint density at radius 1 is 1.00 bits per heavy atom. The van der Waals surface area contributed by atoms with E-state index in [1.165, 1.54) is 0 Å². The molecule has 8 heteroatoms. The monoisotopic (exact) mass is 523 g/mol. The van der Waals surface area contributed by atoms with E-state index in [9.17, 15) is 9.59 Å². The van der Waals surface area contributed by atoms with Gasteiger partial charge >= 0.3 is 0 Å². The Bertz CT molecular complexity index is 1750. The van der Waals surface area contributed by atoms with E-state index >= 15 is 0 Å². The number of nitrogen functional groups attached to an aromatic ring is 1. The summed E-state index contributed by atoms with van der Waals surface area (Å²) in [6.07, 6.45) is 1.56. The van der Waals surface area contributed by atoms with E-state index in [0.717, 1.165) is 16.7 Å². The minimum atomic E-state index is -0.578. The number of anilines is 1. The van der Waals surface area contributed by atoms with Crippen LogP contribution in [0, 0.1) is 13.8 Å². The molecule has 0 aliphatic rings. The molecule has 0 unspecified atom stereocenters. The summed E-state index contributed by atoms with van der Waals surface area (Å²) < 4.78 is 1.57. The van der Waals surface area contributed by atoms with Crippen molar-refractivity contribution < 1.29 is 4.79 Å². The fraction of sp³-hybridized carbons (Fsp3) is 0.133. The Labute approximate surface area is 224 Å². The number of aryl methyl sites for hydroxylation is 2. The maximum atomic E-state index is 13.7. The lowest BCUT2D eigenvalue weighted by Crippen LogP contribution is -2.33. The summed E-state index contributed by atoms with van der Waals surface area (Å²) in [6.45, 7) is 5.85. The van der Waals surface area contributed by atoms with Gasteiger partial charge in [0.1, 0.15) is 0 Å². The molecule has 1 amide bonds. The first-order chi connectivity index (χ1) is 18.2. The molecule has 0 aliphatic carbocycles. The molecule has 2 aromatic heterocycles. The molecule has 3 N–H and O–H groups in total. The molecule has 0 spiro atoms. The van der Waals surface area contributed by atoms with Crippen molar-refractivity contribution in [3.8, 4) is 16.9 Å². The van der Waals surface area contributed by atoms with Gasteiger partial charge in [-0.05, 0) is 67.6 Å². The number of benzene rings is 3. The number of aromatic nitrogens is 3. The Kier molecular flexibility index (Phi) is 6.70. The fourth-order valence-corrected chi connectivity index (χ4v) is 4.71. The molecule has 1 atom stereocenters. The van der Waals surface area contributed by atoms with Gasteiger partial charge < -0.3 is 11.1 Å². The first-order valence-corrected chi connectivity index (χ1v) is 12.5. The summed E-state index contributed by atoms with van der Waals surface area (Å²) in [7, 11) is 0. The molecule has 0 bridgehead atoms. The molecular formula is C30H26ClN5O2. The number of fused-ring (bicyclic) bond motifs is 1. The molecule has 5 aromatic rings. The number of para-hydroxylation sites is 1. The maximum absolute atomic E-state index is 13.7. The normalized spacial score (nSPS) is 11.9. The maximum Gasteiger partial charge on any atom is 0.274 e. The van der Waals surface area contributed by atoms with Crippen LogP contribution in [-0.4, -0.2) is 20.4 Å². The average molecular weight is 524 g/mol. The van der Waals surface area contributed by atoms with Crippen LogP contribution in [-0.2, 0) is 0 Å². The Hall–Kier alpha value is -4.49. The van der Waals surface area contributed by atoms with Gasteiger partial charge in [0.2, 0.25) is 0 Å². The average Bonchev–Trinajstić information content (AvgIpc) is 2.90. The lowest BCUT2D eigenvalue weighted by molar-refractivity contribution is 0.0934. The van der Waals surface area contributed by atoms with Crippen LogP contribution >= 0.6 is 11.6 Å². The van der Waals surface area contributed by atoms with Crippen molar-refractivity contribution in [2.24, 2.45) is 0 Å². The number of carbonyl (C=O) groups is 1. The summed E-state index contributed by atoms with van der Waals surface area (Å²) in [5, 5.41) is 4.42. The fourth-order valence-electron chi connectivity index (χ4n) is 4.45. The van der Waals surface area contributed by atoms with Crippen LogP contribution in [0.15, 0.2) is 83.8 Å². The predicted molar refractivity (Wildman–Crippen MR) is 152 cm³/mol. The van der Waals surface area contributed by atoms with E-state index in [2.05, 4.69) is 15.3 Å². The minimum absolute atomic E-state index is 0.0185. The van der Waals surface area contributed by atoms with Gasteiger partial charge in [-0.1, -0.05) is 54.1 Å². The van der Waals surface area contributed by atoms with E-state index in [1.807, 2.05) is 74.5 Å².